The molecule has 2 aromatic carbocycles. The van der Waals surface area contributed by atoms with E-state index in [0.29, 0.717) is 33.9 Å². The average molecular weight is 432 g/mol. The lowest BCUT2D eigenvalue weighted by Gasteiger charge is -2.14. The first kappa shape index (κ1) is 21.3. The highest BCUT2D eigenvalue weighted by molar-refractivity contribution is 6.32. The maximum Gasteiger partial charge on any atom is 0.282 e. The van der Waals surface area contributed by atoms with Gasteiger partial charge in [0.1, 0.15) is 17.9 Å². The molecule has 0 saturated carbocycles. The van der Waals surface area contributed by atoms with Gasteiger partial charge in [-0.15, -0.1) is 0 Å². The Hall–Kier alpha value is -3.46. The molecule has 0 aromatic heterocycles. The number of halogens is 1. The maximum absolute atomic E-state index is 12.5. The van der Waals surface area contributed by atoms with Crippen molar-refractivity contribution in [3.63, 3.8) is 0 Å². The van der Waals surface area contributed by atoms with Crippen LogP contribution < -0.4 is 10.1 Å². The molecule has 3 rings (SSSR count). The zero-order valence-electron chi connectivity index (χ0n) is 16.2. The first-order valence-electron chi connectivity index (χ1n) is 9.04. The van der Waals surface area contributed by atoms with Crippen LogP contribution in [0.2, 0.25) is 5.02 Å². The fourth-order valence-electron chi connectivity index (χ4n) is 2.91. The van der Waals surface area contributed by atoms with E-state index in [1.165, 1.54) is 18.2 Å². The number of hydrogen-bond donors (Lipinski definition) is 1. The van der Waals surface area contributed by atoms with Gasteiger partial charge in [0.25, 0.3) is 17.5 Å². The molecule has 30 heavy (non-hydrogen) atoms. The van der Waals surface area contributed by atoms with Crippen molar-refractivity contribution >= 4 is 40.7 Å². The fourth-order valence-corrected chi connectivity index (χ4v) is 3.14. The van der Waals surface area contributed by atoms with Crippen LogP contribution in [0.4, 0.5) is 11.4 Å². The molecule has 0 spiro atoms. The molecule has 156 valence electrons. The second-order valence-electron chi connectivity index (χ2n) is 7.05. The Morgan fingerprint density at radius 3 is 2.60 bits per heavy atom. The number of anilines is 1. The normalized spacial score (nSPS) is 12.9. The van der Waals surface area contributed by atoms with E-state index in [9.17, 15) is 24.5 Å². The first-order chi connectivity index (χ1) is 14.2. The molecule has 2 aromatic rings. The second-order valence-corrected chi connectivity index (χ2v) is 7.46. The van der Waals surface area contributed by atoms with E-state index in [2.05, 4.69) is 5.32 Å². The number of fused-ring (bicyclic) bond motifs is 1. The van der Waals surface area contributed by atoms with Gasteiger partial charge in [-0.05, 0) is 30.2 Å². The van der Waals surface area contributed by atoms with Crippen LogP contribution in [0.5, 0.6) is 5.75 Å². The van der Waals surface area contributed by atoms with Crippen molar-refractivity contribution < 1.29 is 24.0 Å². The predicted octanol–water partition coefficient (Wildman–Crippen LogP) is 3.52. The van der Waals surface area contributed by atoms with E-state index < -0.39 is 34.9 Å². The summed E-state index contributed by atoms with van der Waals surface area (Å²) in [5, 5.41) is 14.0. The van der Waals surface area contributed by atoms with Crippen LogP contribution in [0.3, 0.4) is 0 Å². The molecule has 0 radical (unpaired) electrons. The number of hydrogen-bond acceptors (Lipinski definition) is 6. The standard InChI is InChI=1S/C20H18ClN3O6/c1-11(2)10-30-16-7-6-12(8-14(16)21)22-17(25)9-23-19(26)13-4-3-5-15(24(28)29)18(13)20(23)27/h3-8,11H,9-10H2,1-2H3,(H,22,25). The Bertz CT molecular complexity index is 1050. The number of nitrogens with zero attached hydrogens (tertiary/aromatic N) is 2. The van der Waals surface area contributed by atoms with Gasteiger partial charge < -0.3 is 10.1 Å². The SMILES string of the molecule is CC(C)COc1ccc(NC(=O)CN2C(=O)c3cccc([N+](=O)[O-])c3C2=O)cc1Cl. The lowest BCUT2D eigenvalue weighted by atomic mass is 10.1. The van der Waals surface area contributed by atoms with Crippen LogP contribution in [0, 0.1) is 16.0 Å². The summed E-state index contributed by atoms with van der Waals surface area (Å²) < 4.78 is 5.56. The van der Waals surface area contributed by atoms with E-state index in [1.807, 2.05) is 13.8 Å². The molecular weight excluding hydrogens is 414 g/mol. The first-order valence-corrected chi connectivity index (χ1v) is 9.42. The van der Waals surface area contributed by atoms with Gasteiger partial charge in [0.2, 0.25) is 5.91 Å². The van der Waals surface area contributed by atoms with Gasteiger partial charge in [-0.1, -0.05) is 31.5 Å². The van der Waals surface area contributed by atoms with Gasteiger partial charge in [-0.2, -0.15) is 0 Å². The highest BCUT2D eigenvalue weighted by Crippen LogP contribution is 2.31. The lowest BCUT2D eigenvalue weighted by molar-refractivity contribution is -0.385. The monoisotopic (exact) mass is 431 g/mol. The molecule has 0 bridgehead atoms. The van der Waals surface area contributed by atoms with Crippen LogP contribution in [0.1, 0.15) is 34.6 Å². The summed E-state index contributed by atoms with van der Waals surface area (Å²) in [6.45, 7) is 3.89. The molecule has 0 saturated heterocycles. The quantitative estimate of drug-likeness (QED) is 0.407. The smallest absolute Gasteiger partial charge is 0.282 e. The average Bonchev–Trinajstić information content (AvgIpc) is 2.92. The van der Waals surface area contributed by atoms with Gasteiger partial charge in [0.15, 0.2) is 0 Å². The van der Waals surface area contributed by atoms with E-state index in [4.69, 9.17) is 16.3 Å². The second kappa shape index (κ2) is 8.50. The molecule has 9 nitrogen and oxygen atoms in total. The summed E-state index contributed by atoms with van der Waals surface area (Å²) >= 11 is 6.16. The van der Waals surface area contributed by atoms with E-state index in [0.717, 1.165) is 6.07 Å². The van der Waals surface area contributed by atoms with Crippen molar-refractivity contribution in [2.45, 2.75) is 13.8 Å². The number of nitrogens with one attached hydrogen (secondary N) is 1. The van der Waals surface area contributed by atoms with Gasteiger partial charge in [0, 0.05) is 11.8 Å². The van der Waals surface area contributed by atoms with Gasteiger partial charge in [-0.3, -0.25) is 29.4 Å². The third-order valence-corrected chi connectivity index (χ3v) is 4.56. The predicted molar refractivity (Wildman–Crippen MR) is 109 cm³/mol. The highest BCUT2D eigenvalue weighted by Gasteiger charge is 2.41. The lowest BCUT2D eigenvalue weighted by Crippen LogP contribution is -2.37. The largest absolute Gasteiger partial charge is 0.492 e. The number of imide groups is 1. The Labute approximate surface area is 176 Å². The van der Waals surface area contributed by atoms with Gasteiger partial charge in [0.05, 0.1) is 22.1 Å². The van der Waals surface area contributed by atoms with E-state index in [-0.39, 0.29) is 11.1 Å². The van der Waals surface area contributed by atoms with Crippen molar-refractivity contribution in [1.82, 2.24) is 4.90 Å². The zero-order valence-corrected chi connectivity index (χ0v) is 16.9. The summed E-state index contributed by atoms with van der Waals surface area (Å²) in [5.41, 5.74) is -0.534. The fraction of sp³-hybridized carbons (Fsp3) is 0.250. The molecule has 1 aliphatic rings. The number of benzene rings is 2. The number of ether oxygens (including phenoxy) is 1. The van der Waals surface area contributed by atoms with Crippen LogP contribution in [0.25, 0.3) is 0 Å². The maximum atomic E-state index is 12.5. The number of nitro groups is 1. The van der Waals surface area contributed by atoms with Crippen LogP contribution in [-0.2, 0) is 4.79 Å². The number of carbonyl (C=O) groups excluding carboxylic acids is 3. The molecule has 0 atom stereocenters. The number of rotatable bonds is 7. The van der Waals surface area contributed by atoms with E-state index in [1.54, 1.807) is 12.1 Å². The summed E-state index contributed by atoms with van der Waals surface area (Å²) in [4.78, 5) is 48.4. The van der Waals surface area contributed by atoms with Crippen molar-refractivity contribution in [2.75, 3.05) is 18.5 Å². The number of carbonyl (C=O) groups is 3. The molecular formula is C20H18ClN3O6. The Kier molecular flexibility index (Phi) is 6.02. The Morgan fingerprint density at radius 1 is 1.23 bits per heavy atom. The van der Waals surface area contributed by atoms with Crippen LogP contribution in [0.15, 0.2) is 36.4 Å². The number of nitro benzene ring substituents is 1. The van der Waals surface area contributed by atoms with Crippen LogP contribution >= 0.6 is 11.6 Å². The molecule has 0 aliphatic carbocycles. The van der Waals surface area contributed by atoms with Crippen molar-refractivity contribution in [3.05, 3.63) is 62.7 Å². The summed E-state index contributed by atoms with van der Waals surface area (Å²) in [5.74, 6) is -1.51. The van der Waals surface area contributed by atoms with Gasteiger partial charge >= 0.3 is 0 Å². The van der Waals surface area contributed by atoms with Crippen molar-refractivity contribution in [3.8, 4) is 5.75 Å². The van der Waals surface area contributed by atoms with Crippen LogP contribution in [-0.4, -0.2) is 40.7 Å². The minimum absolute atomic E-state index is 0.100. The highest BCUT2D eigenvalue weighted by atomic mass is 35.5. The van der Waals surface area contributed by atoms with Gasteiger partial charge in [-0.25, -0.2) is 0 Å². The minimum Gasteiger partial charge on any atom is -0.492 e. The Morgan fingerprint density at radius 2 is 1.97 bits per heavy atom. The third kappa shape index (κ3) is 4.25. The van der Waals surface area contributed by atoms with Crippen molar-refractivity contribution in [1.29, 1.82) is 0 Å². The molecule has 1 N–H and O–H groups in total. The summed E-state index contributed by atoms with van der Waals surface area (Å²) in [6.07, 6.45) is 0. The molecule has 3 amide bonds. The molecule has 0 fully saturated rings. The van der Waals surface area contributed by atoms with Crippen molar-refractivity contribution in [2.24, 2.45) is 5.92 Å². The molecule has 1 aliphatic heterocycles. The minimum atomic E-state index is -0.882. The number of amides is 3. The van der Waals surface area contributed by atoms with E-state index >= 15 is 0 Å². The molecule has 10 heteroatoms. The topological polar surface area (TPSA) is 119 Å². The Balaban J connectivity index is 1.70. The zero-order chi connectivity index (χ0) is 22.0. The summed E-state index contributed by atoms with van der Waals surface area (Å²) in [6, 6.07) is 8.44. The third-order valence-electron chi connectivity index (χ3n) is 4.26. The molecule has 0 unspecified atom stereocenters. The summed E-state index contributed by atoms with van der Waals surface area (Å²) in [7, 11) is 0. The molecule has 1 heterocycles.